The van der Waals surface area contributed by atoms with E-state index in [9.17, 15) is 9.59 Å². The third-order valence-electron chi connectivity index (χ3n) is 3.73. The van der Waals surface area contributed by atoms with Crippen molar-refractivity contribution in [1.82, 2.24) is 14.7 Å². The molecule has 19 heavy (non-hydrogen) atoms. The first-order chi connectivity index (χ1) is 9.24. The van der Waals surface area contributed by atoms with Gasteiger partial charge in [-0.25, -0.2) is 4.40 Å². The lowest BCUT2D eigenvalue weighted by atomic mass is 9.93. The first-order valence-corrected chi connectivity index (χ1v) is 6.69. The fourth-order valence-electron chi connectivity index (χ4n) is 2.74. The van der Waals surface area contributed by atoms with E-state index in [1.807, 2.05) is 0 Å². The third kappa shape index (κ3) is 2.46. The van der Waals surface area contributed by atoms with Crippen LogP contribution < -0.4 is 16.4 Å². The van der Waals surface area contributed by atoms with Crippen molar-refractivity contribution >= 4 is 5.65 Å². The zero-order valence-electron chi connectivity index (χ0n) is 10.7. The first kappa shape index (κ1) is 12.2. The van der Waals surface area contributed by atoms with E-state index in [0.717, 1.165) is 38.0 Å². The number of fused-ring (bicyclic) bond motifs is 1. The highest BCUT2D eigenvalue weighted by atomic mass is 16.2. The lowest BCUT2D eigenvalue weighted by Gasteiger charge is -2.22. The van der Waals surface area contributed by atoms with Crippen LogP contribution in [0, 0.1) is 5.92 Å². The second-order valence-electron chi connectivity index (χ2n) is 5.11. The highest BCUT2D eigenvalue weighted by Crippen LogP contribution is 2.16. The molecule has 5 nitrogen and oxygen atoms in total. The fraction of sp³-hybridized carbons (Fsp3) is 0.429. The molecule has 100 valence electrons. The van der Waals surface area contributed by atoms with Gasteiger partial charge in [0.15, 0.2) is 0 Å². The van der Waals surface area contributed by atoms with Crippen LogP contribution >= 0.6 is 0 Å². The Morgan fingerprint density at radius 2 is 1.95 bits per heavy atom. The second kappa shape index (κ2) is 5.01. The summed E-state index contributed by atoms with van der Waals surface area (Å²) in [4.78, 5) is 26.8. The van der Waals surface area contributed by atoms with Gasteiger partial charge in [-0.1, -0.05) is 6.07 Å². The fourth-order valence-corrected chi connectivity index (χ4v) is 2.74. The SMILES string of the molecule is O=c1cccc2[nH]c(CC3CCNCC3)cc(=O)n12. The molecular formula is C14H17N3O2. The Hall–Kier alpha value is -1.88. The number of aromatic amines is 1. The van der Waals surface area contributed by atoms with E-state index in [4.69, 9.17) is 0 Å². The lowest BCUT2D eigenvalue weighted by Crippen LogP contribution is -2.30. The number of rotatable bonds is 2. The van der Waals surface area contributed by atoms with Crippen LogP contribution in [0.3, 0.4) is 0 Å². The van der Waals surface area contributed by atoms with Gasteiger partial charge in [0, 0.05) is 17.8 Å². The predicted molar refractivity (Wildman–Crippen MR) is 73.6 cm³/mol. The van der Waals surface area contributed by atoms with E-state index in [0.29, 0.717) is 11.6 Å². The molecule has 1 aliphatic rings. The van der Waals surface area contributed by atoms with Gasteiger partial charge in [-0.2, -0.15) is 0 Å². The zero-order chi connectivity index (χ0) is 13.2. The molecule has 3 heterocycles. The number of H-pyrrole nitrogens is 1. The van der Waals surface area contributed by atoms with Crippen molar-refractivity contribution in [3.05, 3.63) is 50.7 Å². The Balaban J connectivity index is 1.97. The van der Waals surface area contributed by atoms with Crippen LogP contribution in [0.15, 0.2) is 33.9 Å². The van der Waals surface area contributed by atoms with Gasteiger partial charge >= 0.3 is 0 Å². The standard InChI is InChI=1S/C14H17N3O2/c18-13-3-1-2-12-16-11(9-14(19)17(12)13)8-10-4-6-15-7-5-10/h1-3,9-10,15-16H,4-8H2. The number of hydrogen-bond acceptors (Lipinski definition) is 3. The van der Waals surface area contributed by atoms with Crippen molar-refractivity contribution in [2.24, 2.45) is 5.92 Å². The maximum Gasteiger partial charge on any atom is 0.260 e. The topological polar surface area (TPSA) is 66.4 Å². The van der Waals surface area contributed by atoms with Crippen molar-refractivity contribution in [2.45, 2.75) is 19.3 Å². The molecule has 0 amide bonds. The summed E-state index contributed by atoms with van der Waals surface area (Å²) >= 11 is 0. The Morgan fingerprint density at radius 3 is 2.74 bits per heavy atom. The van der Waals surface area contributed by atoms with Crippen molar-refractivity contribution in [3.63, 3.8) is 0 Å². The summed E-state index contributed by atoms with van der Waals surface area (Å²) < 4.78 is 1.17. The van der Waals surface area contributed by atoms with Crippen LogP contribution in [0.4, 0.5) is 0 Å². The molecule has 5 heteroatoms. The van der Waals surface area contributed by atoms with Crippen LogP contribution in [0.25, 0.3) is 5.65 Å². The minimum absolute atomic E-state index is 0.247. The molecular weight excluding hydrogens is 242 g/mol. The summed E-state index contributed by atoms with van der Waals surface area (Å²) in [6.07, 6.45) is 3.14. The van der Waals surface area contributed by atoms with Crippen LogP contribution in [0.5, 0.6) is 0 Å². The average molecular weight is 259 g/mol. The normalized spacial score (nSPS) is 16.8. The summed E-state index contributed by atoms with van der Waals surface area (Å²) in [5.41, 5.74) is 0.960. The van der Waals surface area contributed by atoms with Gasteiger partial charge in [0.1, 0.15) is 5.65 Å². The number of nitrogens with one attached hydrogen (secondary N) is 2. The van der Waals surface area contributed by atoms with E-state index < -0.39 is 0 Å². The van der Waals surface area contributed by atoms with Crippen molar-refractivity contribution in [2.75, 3.05) is 13.1 Å². The maximum absolute atomic E-state index is 12.0. The lowest BCUT2D eigenvalue weighted by molar-refractivity contribution is 0.370. The summed E-state index contributed by atoms with van der Waals surface area (Å²) in [6.45, 7) is 2.09. The molecule has 3 rings (SSSR count). The molecule has 0 atom stereocenters. The Bertz CT molecular complexity index is 696. The minimum Gasteiger partial charge on any atom is -0.345 e. The number of piperidine rings is 1. The van der Waals surface area contributed by atoms with Gasteiger partial charge in [-0.3, -0.25) is 9.59 Å². The number of pyridine rings is 1. The van der Waals surface area contributed by atoms with Gasteiger partial charge < -0.3 is 10.3 Å². The van der Waals surface area contributed by atoms with Gasteiger partial charge in [-0.15, -0.1) is 0 Å². The number of nitrogens with zero attached hydrogens (tertiary/aromatic N) is 1. The molecule has 0 aliphatic carbocycles. The highest BCUT2D eigenvalue weighted by Gasteiger charge is 2.14. The Morgan fingerprint density at radius 1 is 1.16 bits per heavy atom. The minimum atomic E-state index is -0.285. The van der Waals surface area contributed by atoms with E-state index in [2.05, 4.69) is 10.3 Å². The zero-order valence-corrected chi connectivity index (χ0v) is 10.7. The van der Waals surface area contributed by atoms with Crippen molar-refractivity contribution < 1.29 is 0 Å². The van der Waals surface area contributed by atoms with E-state index in [1.54, 1.807) is 18.2 Å². The number of hydrogen-bond donors (Lipinski definition) is 2. The largest absolute Gasteiger partial charge is 0.345 e. The molecule has 1 saturated heterocycles. The van der Waals surface area contributed by atoms with Crippen LogP contribution in [0.2, 0.25) is 0 Å². The molecule has 1 aliphatic heterocycles. The molecule has 2 N–H and O–H groups in total. The van der Waals surface area contributed by atoms with Crippen LogP contribution in [-0.4, -0.2) is 22.5 Å². The van der Waals surface area contributed by atoms with Gasteiger partial charge in [0.2, 0.25) is 0 Å². The molecule has 0 aromatic carbocycles. The summed E-state index contributed by atoms with van der Waals surface area (Å²) in [5, 5.41) is 3.33. The summed E-state index contributed by atoms with van der Waals surface area (Å²) in [5.74, 6) is 0.606. The second-order valence-corrected chi connectivity index (χ2v) is 5.11. The molecule has 0 spiro atoms. The predicted octanol–water partition coefficient (Wildman–Crippen LogP) is 0.530. The summed E-state index contributed by atoms with van der Waals surface area (Å²) in [6, 6.07) is 6.38. The Labute approximate surface area is 110 Å². The van der Waals surface area contributed by atoms with Gasteiger partial charge in [0.25, 0.3) is 11.1 Å². The molecule has 0 radical (unpaired) electrons. The molecule has 2 aromatic heterocycles. The monoisotopic (exact) mass is 259 g/mol. The molecule has 2 aromatic rings. The van der Waals surface area contributed by atoms with Crippen molar-refractivity contribution in [3.8, 4) is 0 Å². The van der Waals surface area contributed by atoms with E-state index in [1.165, 1.54) is 10.5 Å². The molecule has 0 saturated carbocycles. The maximum atomic E-state index is 12.0. The Kier molecular flexibility index (Phi) is 3.21. The molecule has 1 fully saturated rings. The average Bonchev–Trinajstić information content (AvgIpc) is 2.39. The molecule has 0 unspecified atom stereocenters. The van der Waals surface area contributed by atoms with Gasteiger partial charge in [0.05, 0.1) is 0 Å². The molecule has 0 bridgehead atoms. The van der Waals surface area contributed by atoms with E-state index in [-0.39, 0.29) is 11.1 Å². The number of aromatic nitrogens is 2. The quantitative estimate of drug-likeness (QED) is 0.826. The smallest absolute Gasteiger partial charge is 0.260 e. The van der Waals surface area contributed by atoms with Gasteiger partial charge in [-0.05, 0) is 44.3 Å². The van der Waals surface area contributed by atoms with Crippen LogP contribution in [0.1, 0.15) is 18.5 Å². The first-order valence-electron chi connectivity index (χ1n) is 6.69. The van der Waals surface area contributed by atoms with Crippen LogP contribution in [-0.2, 0) is 6.42 Å². The van der Waals surface area contributed by atoms with Crippen molar-refractivity contribution in [1.29, 1.82) is 0 Å². The highest BCUT2D eigenvalue weighted by molar-refractivity contribution is 5.38. The summed E-state index contributed by atoms with van der Waals surface area (Å²) in [7, 11) is 0. The third-order valence-corrected chi connectivity index (χ3v) is 3.73. The van der Waals surface area contributed by atoms with E-state index >= 15 is 0 Å².